The Morgan fingerprint density at radius 1 is 1.23 bits per heavy atom. The van der Waals surface area contributed by atoms with Crippen molar-refractivity contribution >= 4 is 22.7 Å². The Kier molecular flexibility index (Phi) is 6.62. The zero-order chi connectivity index (χ0) is 27.9. The molecule has 0 saturated carbocycles. The molecule has 15 heteroatoms. The molecule has 3 aromatic heterocycles. The molecule has 4 heterocycles. The van der Waals surface area contributed by atoms with Gasteiger partial charge < -0.3 is 24.9 Å². The van der Waals surface area contributed by atoms with Crippen molar-refractivity contribution < 1.29 is 40.9 Å². The van der Waals surface area contributed by atoms with E-state index in [1.54, 1.807) is 6.92 Å². The largest absolute Gasteiger partial charge is 0.461 e. The Hall–Kier alpha value is -4.27. The van der Waals surface area contributed by atoms with Crippen LogP contribution in [-0.4, -0.2) is 56.3 Å². The highest BCUT2D eigenvalue weighted by Crippen LogP contribution is 2.40. The third-order valence-electron chi connectivity index (χ3n) is 5.90. The predicted molar refractivity (Wildman–Crippen MR) is 127 cm³/mol. The first-order valence-corrected chi connectivity index (χ1v) is 11.5. The van der Waals surface area contributed by atoms with Gasteiger partial charge in [0.15, 0.2) is 28.7 Å². The first-order chi connectivity index (χ1) is 18.5. The average molecular weight is 554 g/mol. The minimum absolute atomic E-state index is 0.0737. The van der Waals surface area contributed by atoms with Gasteiger partial charge in [-0.2, -0.15) is 18.3 Å². The van der Waals surface area contributed by atoms with E-state index in [1.807, 2.05) is 0 Å². The smallest absolute Gasteiger partial charge is 0.435 e. The van der Waals surface area contributed by atoms with E-state index in [1.165, 1.54) is 18.5 Å². The van der Waals surface area contributed by atoms with Crippen molar-refractivity contribution in [3.05, 3.63) is 54.0 Å². The van der Waals surface area contributed by atoms with Gasteiger partial charge in [-0.1, -0.05) is 0 Å². The second-order valence-electron chi connectivity index (χ2n) is 8.68. The first-order valence-electron chi connectivity index (χ1n) is 11.5. The number of pyridine rings is 1. The van der Waals surface area contributed by atoms with E-state index >= 15 is 0 Å². The fourth-order valence-corrected chi connectivity index (χ4v) is 3.96. The lowest BCUT2D eigenvalue weighted by Crippen LogP contribution is -2.43. The number of nitrogens with one attached hydrogen (secondary N) is 2. The number of nitrogens with zero attached hydrogens (tertiary/aromatic N) is 4. The van der Waals surface area contributed by atoms with Crippen molar-refractivity contribution in [2.45, 2.75) is 25.3 Å². The normalized spacial score (nSPS) is 17.7. The van der Waals surface area contributed by atoms with E-state index < -0.39 is 54.7 Å². The number of rotatable bonds is 6. The van der Waals surface area contributed by atoms with Gasteiger partial charge in [-0.05, 0) is 19.1 Å². The Bertz CT molecular complexity index is 1540. The molecule has 206 valence electrons. The number of ether oxygens (including phenoxy) is 2. The maximum Gasteiger partial charge on any atom is 0.435 e. The fraction of sp³-hybridized carbons (Fsp3) is 0.292. The highest BCUT2D eigenvalue weighted by molar-refractivity contribution is 5.97. The number of hydrogen-bond donors (Lipinski definition) is 3. The highest BCUT2D eigenvalue weighted by atomic mass is 19.4. The molecule has 0 fully saturated rings. The molecule has 0 radical (unpaired) electrons. The van der Waals surface area contributed by atoms with Crippen LogP contribution in [0.3, 0.4) is 0 Å². The number of aromatic amines is 1. The van der Waals surface area contributed by atoms with Gasteiger partial charge >= 0.3 is 6.18 Å². The van der Waals surface area contributed by atoms with Crippen molar-refractivity contribution in [1.29, 1.82) is 0 Å². The number of anilines is 1. The molecule has 5 rings (SSSR count). The van der Waals surface area contributed by atoms with Gasteiger partial charge in [-0.25, -0.2) is 23.1 Å². The number of H-pyrrole nitrogens is 1. The molecule has 0 spiro atoms. The maximum atomic E-state index is 15.0. The summed E-state index contributed by atoms with van der Waals surface area (Å²) >= 11 is 0. The number of hydrogen-bond acceptors (Lipinski definition) is 7. The number of aliphatic imine (C=N–C) groups is 1. The molecule has 0 amide bonds. The molecule has 0 aliphatic carbocycles. The summed E-state index contributed by atoms with van der Waals surface area (Å²) in [6.07, 6.45) is -1.97. The number of aliphatic hydroxyl groups is 1. The van der Waals surface area contributed by atoms with Gasteiger partial charge in [-0.15, -0.1) is 0 Å². The van der Waals surface area contributed by atoms with E-state index in [2.05, 4.69) is 25.4 Å². The SMILES string of the molecule is CCn1nc(C(F)(F)F)cc1-c1c[nH]c2nccc(Oc3c(F)cc(NC4=NCC(F)(CO)CO4)cc3F)c12. The average Bonchev–Trinajstić information content (AvgIpc) is 3.52. The third kappa shape index (κ3) is 5.08. The van der Waals surface area contributed by atoms with Gasteiger partial charge in [0, 0.05) is 42.3 Å². The zero-order valence-electron chi connectivity index (χ0n) is 20.1. The number of amidine groups is 1. The van der Waals surface area contributed by atoms with Crippen molar-refractivity contribution in [2.24, 2.45) is 4.99 Å². The Balaban J connectivity index is 1.47. The van der Waals surface area contributed by atoms with Gasteiger partial charge in [0.1, 0.15) is 18.0 Å². The summed E-state index contributed by atoms with van der Waals surface area (Å²) in [4.78, 5) is 10.7. The molecule has 1 atom stereocenters. The van der Waals surface area contributed by atoms with Gasteiger partial charge in [0.2, 0.25) is 0 Å². The van der Waals surface area contributed by atoms with E-state index in [0.717, 1.165) is 22.9 Å². The van der Waals surface area contributed by atoms with Crippen molar-refractivity contribution in [2.75, 3.05) is 25.1 Å². The molecular formula is C24H20F6N6O3. The zero-order valence-corrected chi connectivity index (χ0v) is 20.1. The van der Waals surface area contributed by atoms with Crippen LogP contribution < -0.4 is 10.1 Å². The molecule has 4 aromatic rings. The lowest BCUT2D eigenvalue weighted by Gasteiger charge is -2.26. The van der Waals surface area contributed by atoms with Crippen LogP contribution in [0.5, 0.6) is 11.5 Å². The summed E-state index contributed by atoms with van der Waals surface area (Å²) in [5.41, 5.74) is -2.72. The van der Waals surface area contributed by atoms with E-state index in [0.29, 0.717) is 0 Å². The molecule has 39 heavy (non-hydrogen) atoms. The van der Waals surface area contributed by atoms with Crippen LogP contribution in [0.1, 0.15) is 12.6 Å². The topological polar surface area (TPSA) is 110 Å². The fourth-order valence-electron chi connectivity index (χ4n) is 3.96. The Morgan fingerprint density at radius 3 is 2.59 bits per heavy atom. The second-order valence-corrected chi connectivity index (χ2v) is 8.68. The van der Waals surface area contributed by atoms with Crippen LogP contribution in [0.2, 0.25) is 0 Å². The summed E-state index contributed by atoms with van der Waals surface area (Å²) in [7, 11) is 0. The molecule has 9 nitrogen and oxygen atoms in total. The molecular weight excluding hydrogens is 534 g/mol. The molecule has 0 saturated heterocycles. The van der Waals surface area contributed by atoms with Crippen molar-refractivity contribution in [3.8, 4) is 22.8 Å². The van der Waals surface area contributed by atoms with Gasteiger partial charge in [0.05, 0.1) is 24.2 Å². The third-order valence-corrected chi connectivity index (χ3v) is 5.90. The quantitative estimate of drug-likeness (QED) is 0.289. The number of fused-ring (bicyclic) bond motifs is 1. The van der Waals surface area contributed by atoms with Crippen LogP contribution in [0.25, 0.3) is 22.3 Å². The van der Waals surface area contributed by atoms with Crippen LogP contribution in [0.4, 0.5) is 32.0 Å². The van der Waals surface area contributed by atoms with Crippen LogP contribution >= 0.6 is 0 Å². The van der Waals surface area contributed by atoms with Crippen molar-refractivity contribution in [1.82, 2.24) is 19.7 Å². The van der Waals surface area contributed by atoms with Crippen LogP contribution in [-0.2, 0) is 17.5 Å². The molecule has 1 unspecified atom stereocenters. The monoisotopic (exact) mass is 554 g/mol. The number of benzene rings is 1. The second kappa shape index (κ2) is 9.80. The minimum Gasteiger partial charge on any atom is -0.461 e. The summed E-state index contributed by atoms with van der Waals surface area (Å²) in [5, 5.41) is 15.4. The highest BCUT2D eigenvalue weighted by Gasteiger charge is 2.36. The Labute approximate surface area is 216 Å². The van der Waals surface area contributed by atoms with Gasteiger partial charge in [-0.3, -0.25) is 4.68 Å². The van der Waals surface area contributed by atoms with Gasteiger partial charge in [0.25, 0.3) is 6.02 Å². The number of aliphatic hydroxyl groups excluding tert-OH is 1. The van der Waals surface area contributed by atoms with E-state index in [9.17, 15) is 26.3 Å². The molecule has 0 bridgehead atoms. The predicted octanol–water partition coefficient (Wildman–Crippen LogP) is 5.03. The summed E-state index contributed by atoms with van der Waals surface area (Å²) < 4.78 is 95.7. The van der Waals surface area contributed by atoms with E-state index in [4.69, 9.17) is 14.6 Å². The number of alkyl halides is 4. The lowest BCUT2D eigenvalue weighted by molar-refractivity contribution is -0.141. The number of aromatic nitrogens is 4. The molecule has 1 aliphatic heterocycles. The maximum absolute atomic E-state index is 15.0. The minimum atomic E-state index is -4.68. The summed E-state index contributed by atoms with van der Waals surface area (Å²) in [6.45, 7) is 0.0322. The molecule has 1 aromatic carbocycles. The Morgan fingerprint density at radius 2 is 1.97 bits per heavy atom. The van der Waals surface area contributed by atoms with Crippen LogP contribution in [0.15, 0.2) is 41.7 Å². The van der Waals surface area contributed by atoms with Crippen LogP contribution in [0, 0.1) is 11.6 Å². The molecule has 1 aliphatic rings. The number of halogens is 6. The lowest BCUT2D eigenvalue weighted by atomic mass is 10.1. The summed E-state index contributed by atoms with van der Waals surface area (Å²) in [6, 6.07) is 3.78. The van der Waals surface area contributed by atoms with Crippen molar-refractivity contribution in [3.63, 3.8) is 0 Å². The standard InChI is InChI=1S/C24H20F6N6O3/c1-2-36-16(7-18(35-36)24(28,29)30)13-8-32-21-19(13)17(3-4-31-21)39-20-14(25)5-12(6-15(20)26)34-22-33-9-23(27,10-37)11-38-22/h3-8,37H,2,9-11H2,1H3,(H,31,32)(H,33,34). The molecule has 3 N–H and O–H groups in total. The summed E-state index contributed by atoms with van der Waals surface area (Å²) in [5.74, 6) is -3.10. The number of aryl methyl sites for hydroxylation is 1. The first kappa shape index (κ1) is 26.3. The van der Waals surface area contributed by atoms with E-state index in [-0.39, 0.29) is 46.3 Å².